The lowest BCUT2D eigenvalue weighted by molar-refractivity contribution is 0.491. The van der Waals surface area contributed by atoms with Crippen LogP contribution in [0.3, 0.4) is 0 Å². The summed E-state index contributed by atoms with van der Waals surface area (Å²) in [6, 6.07) is 9.87. The van der Waals surface area contributed by atoms with Gasteiger partial charge in [-0.05, 0) is 18.6 Å². The van der Waals surface area contributed by atoms with E-state index >= 15 is 0 Å². The lowest BCUT2D eigenvalue weighted by atomic mass is 10.2. The van der Waals surface area contributed by atoms with Gasteiger partial charge >= 0.3 is 0 Å². The second kappa shape index (κ2) is 4.89. The van der Waals surface area contributed by atoms with Crippen LogP contribution in [0.15, 0.2) is 47.3 Å². The van der Waals surface area contributed by atoms with Crippen LogP contribution in [0.5, 0.6) is 0 Å². The lowest BCUT2D eigenvalue weighted by Crippen LogP contribution is -2.34. The zero-order chi connectivity index (χ0) is 14.1. The first-order valence-electron chi connectivity index (χ1n) is 6.45. The molecule has 0 saturated carbocycles. The minimum absolute atomic E-state index is 0.0367. The highest BCUT2D eigenvalue weighted by Crippen LogP contribution is 2.00. The summed E-state index contributed by atoms with van der Waals surface area (Å²) in [6.07, 6.45) is 5.56. The van der Waals surface area contributed by atoms with Crippen LogP contribution in [0, 0.1) is 6.54 Å². The minimum Gasteiger partial charge on any atom is -0.510 e. The zero-order valence-corrected chi connectivity index (χ0v) is 11.2. The first-order valence-corrected chi connectivity index (χ1v) is 6.45. The first-order chi connectivity index (χ1) is 9.68. The molecular weight excluding hydrogens is 252 g/mol. The molecule has 1 aliphatic heterocycles. The van der Waals surface area contributed by atoms with Crippen LogP contribution < -0.4 is 16.4 Å². The van der Waals surface area contributed by atoms with Gasteiger partial charge in [-0.3, -0.25) is 9.36 Å². The van der Waals surface area contributed by atoms with E-state index in [0.29, 0.717) is 11.9 Å². The van der Waals surface area contributed by atoms with E-state index in [1.807, 2.05) is 47.1 Å². The van der Waals surface area contributed by atoms with E-state index in [0.717, 1.165) is 11.0 Å². The molecule has 4 heteroatoms. The van der Waals surface area contributed by atoms with Gasteiger partial charge in [0.1, 0.15) is 16.6 Å². The van der Waals surface area contributed by atoms with Gasteiger partial charge in [0.2, 0.25) is 0 Å². The number of fused-ring (bicyclic) bond motifs is 1. The SMILES string of the molecule is CC(O)=c1c(=O)n2c(n1Cc1ccccc1)=CC=C[CH]2. The first kappa shape index (κ1) is 12.5. The Morgan fingerprint density at radius 2 is 1.95 bits per heavy atom. The highest BCUT2D eigenvalue weighted by atomic mass is 16.3. The molecule has 1 radical (unpaired) electrons. The van der Waals surface area contributed by atoms with Gasteiger partial charge in [-0.25, -0.2) is 0 Å². The Morgan fingerprint density at radius 1 is 1.20 bits per heavy atom. The van der Waals surface area contributed by atoms with Crippen LogP contribution in [0.4, 0.5) is 0 Å². The Hall–Kier alpha value is -2.49. The maximum Gasteiger partial charge on any atom is 0.280 e. The molecule has 2 aromatic rings. The van der Waals surface area contributed by atoms with Gasteiger partial charge in [0.05, 0.1) is 6.54 Å². The van der Waals surface area contributed by atoms with E-state index in [4.69, 9.17) is 0 Å². The fourth-order valence-corrected chi connectivity index (χ4v) is 2.45. The summed E-state index contributed by atoms with van der Waals surface area (Å²) in [5.74, 6) is 0.0367. The average molecular weight is 267 g/mol. The number of aliphatic hydroxyl groups is 1. The van der Waals surface area contributed by atoms with Gasteiger partial charge in [-0.15, -0.1) is 0 Å². The molecule has 1 aliphatic rings. The Morgan fingerprint density at radius 3 is 2.65 bits per heavy atom. The predicted molar refractivity (Wildman–Crippen MR) is 78.5 cm³/mol. The van der Waals surface area contributed by atoms with Crippen molar-refractivity contribution in [2.24, 2.45) is 0 Å². The molecule has 0 aliphatic carbocycles. The summed E-state index contributed by atoms with van der Waals surface area (Å²) in [7, 11) is 0. The van der Waals surface area contributed by atoms with Crippen LogP contribution in [-0.4, -0.2) is 14.2 Å². The molecule has 0 fully saturated rings. The maximum absolute atomic E-state index is 12.3. The standard InChI is InChI=1S/C16H15N2O2/c1-12(19)15-16(20)17-10-6-5-9-14(17)18(15)11-13-7-3-2-4-8-13/h2-10,19H,11H2,1H3. The molecule has 1 aromatic carbocycles. The Labute approximate surface area is 116 Å². The number of aromatic nitrogens is 2. The topological polar surface area (TPSA) is 47.2 Å². The molecule has 1 aromatic heterocycles. The molecule has 4 nitrogen and oxygen atoms in total. The van der Waals surface area contributed by atoms with Crippen molar-refractivity contribution in [2.45, 2.75) is 13.5 Å². The predicted octanol–water partition coefficient (Wildman–Crippen LogP) is 0.744. The van der Waals surface area contributed by atoms with Crippen molar-refractivity contribution in [1.29, 1.82) is 0 Å². The molecule has 0 amide bonds. The third-order valence-corrected chi connectivity index (χ3v) is 3.33. The normalized spacial score (nSPS) is 14.7. The number of hydrogen-bond donors (Lipinski definition) is 1. The molecular formula is C16H15N2O2. The Balaban J connectivity index is 2.28. The molecule has 101 valence electrons. The van der Waals surface area contributed by atoms with Crippen LogP contribution in [0.1, 0.15) is 12.5 Å². The van der Waals surface area contributed by atoms with E-state index in [-0.39, 0.29) is 11.3 Å². The number of benzene rings is 1. The molecule has 0 spiro atoms. The zero-order valence-electron chi connectivity index (χ0n) is 11.2. The summed E-state index contributed by atoms with van der Waals surface area (Å²) in [5, 5.41) is 10.2. The highest BCUT2D eigenvalue weighted by Gasteiger charge is 2.13. The van der Waals surface area contributed by atoms with E-state index < -0.39 is 0 Å². The monoisotopic (exact) mass is 267 g/mol. The van der Waals surface area contributed by atoms with E-state index in [2.05, 4.69) is 0 Å². The van der Waals surface area contributed by atoms with Crippen molar-refractivity contribution in [3.05, 3.63) is 75.8 Å². The molecule has 20 heavy (non-hydrogen) atoms. The van der Waals surface area contributed by atoms with Gasteiger partial charge < -0.3 is 9.67 Å². The van der Waals surface area contributed by atoms with E-state index in [9.17, 15) is 9.90 Å². The van der Waals surface area contributed by atoms with Crippen LogP contribution in [-0.2, 0) is 6.54 Å². The fourth-order valence-electron chi connectivity index (χ4n) is 2.45. The van der Waals surface area contributed by atoms with Gasteiger partial charge in [0.15, 0.2) is 0 Å². The lowest BCUT2D eigenvalue weighted by Gasteiger charge is -2.07. The maximum atomic E-state index is 12.3. The largest absolute Gasteiger partial charge is 0.510 e. The Kier molecular flexibility index (Phi) is 3.06. The molecule has 1 N–H and O–H groups in total. The number of imidazole rings is 1. The van der Waals surface area contributed by atoms with Gasteiger partial charge in [0, 0.05) is 6.54 Å². The molecule has 0 atom stereocenters. The smallest absolute Gasteiger partial charge is 0.280 e. The number of nitrogens with zero attached hydrogens (tertiary/aromatic N) is 2. The van der Waals surface area contributed by atoms with Crippen molar-refractivity contribution in [2.75, 3.05) is 0 Å². The summed E-state index contributed by atoms with van der Waals surface area (Å²) in [5.41, 5.74) is 1.65. The molecule has 0 saturated heterocycles. The van der Waals surface area contributed by atoms with Crippen molar-refractivity contribution in [3.8, 4) is 0 Å². The molecule has 2 heterocycles. The second-order valence-electron chi connectivity index (χ2n) is 4.74. The third kappa shape index (κ3) is 1.99. The minimum atomic E-state index is -0.198. The van der Waals surface area contributed by atoms with Crippen LogP contribution >= 0.6 is 0 Å². The van der Waals surface area contributed by atoms with Gasteiger partial charge in [0.25, 0.3) is 5.56 Å². The number of allylic oxidation sites excluding steroid dienone is 2. The van der Waals surface area contributed by atoms with E-state index in [1.54, 1.807) is 17.2 Å². The number of aliphatic hydroxyl groups excluding tert-OH is 1. The van der Waals surface area contributed by atoms with Crippen LogP contribution in [0.2, 0.25) is 0 Å². The third-order valence-electron chi connectivity index (χ3n) is 3.33. The number of hydrogen-bond acceptors (Lipinski definition) is 2. The molecule has 0 unspecified atom stereocenters. The highest BCUT2D eigenvalue weighted by molar-refractivity contribution is 5.39. The fraction of sp³-hybridized carbons (Fsp3) is 0.125. The quantitative estimate of drug-likeness (QED) is 0.872. The van der Waals surface area contributed by atoms with Gasteiger partial charge in [-0.2, -0.15) is 0 Å². The van der Waals surface area contributed by atoms with E-state index in [1.165, 1.54) is 6.92 Å². The van der Waals surface area contributed by atoms with Crippen molar-refractivity contribution in [1.82, 2.24) is 9.13 Å². The van der Waals surface area contributed by atoms with Crippen molar-refractivity contribution >= 4 is 11.8 Å². The van der Waals surface area contributed by atoms with Gasteiger partial charge in [-0.1, -0.05) is 42.5 Å². The molecule has 3 rings (SSSR count). The summed E-state index contributed by atoms with van der Waals surface area (Å²) >= 11 is 0. The average Bonchev–Trinajstić information content (AvgIpc) is 2.74. The summed E-state index contributed by atoms with van der Waals surface area (Å²) in [6.45, 7) is 3.80. The van der Waals surface area contributed by atoms with Crippen LogP contribution in [0.25, 0.3) is 11.8 Å². The van der Waals surface area contributed by atoms with Crippen molar-refractivity contribution in [3.63, 3.8) is 0 Å². The van der Waals surface area contributed by atoms with Crippen molar-refractivity contribution < 1.29 is 5.11 Å². The Bertz CT molecular complexity index is 835. The second-order valence-corrected chi connectivity index (χ2v) is 4.74. The molecule has 0 bridgehead atoms. The number of rotatable bonds is 2. The summed E-state index contributed by atoms with van der Waals surface area (Å²) < 4.78 is 3.39. The summed E-state index contributed by atoms with van der Waals surface area (Å²) in [4.78, 5) is 12.3.